The van der Waals surface area contributed by atoms with Crippen LogP contribution in [-0.2, 0) is 0 Å². The van der Waals surface area contributed by atoms with Crippen LogP contribution in [0.1, 0.15) is 5.69 Å². The second-order valence-electron chi connectivity index (χ2n) is 2.93. The minimum absolute atomic E-state index is 0.272. The van der Waals surface area contributed by atoms with E-state index in [1.807, 2.05) is 12.1 Å². The molecule has 0 aliphatic carbocycles. The van der Waals surface area contributed by atoms with Crippen molar-refractivity contribution in [1.29, 1.82) is 0 Å². The number of hydrogen-bond acceptors (Lipinski definition) is 2. The van der Waals surface area contributed by atoms with Crippen LogP contribution in [0.2, 0.25) is 0 Å². The molecule has 0 fully saturated rings. The SMILES string of the molecule is Cc1nc2ccc(S)cc2cc1F. The van der Waals surface area contributed by atoms with Gasteiger partial charge in [0.05, 0.1) is 11.2 Å². The first-order valence-electron chi connectivity index (χ1n) is 3.93. The molecule has 66 valence electrons. The van der Waals surface area contributed by atoms with Gasteiger partial charge in [-0.2, -0.15) is 0 Å². The molecule has 2 rings (SSSR count). The number of fused-ring (bicyclic) bond motifs is 1. The number of aromatic nitrogens is 1. The molecular formula is C10H8FNS. The molecule has 0 spiro atoms. The van der Waals surface area contributed by atoms with E-state index in [9.17, 15) is 4.39 Å². The first kappa shape index (κ1) is 8.51. The summed E-state index contributed by atoms with van der Waals surface area (Å²) in [6.45, 7) is 1.66. The summed E-state index contributed by atoms with van der Waals surface area (Å²) in [5.41, 5.74) is 1.23. The number of rotatable bonds is 0. The Morgan fingerprint density at radius 3 is 2.85 bits per heavy atom. The van der Waals surface area contributed by atoms with E-state index in [1.54, 1.807) is 13.0 Å². The third-order valence-electron chi connectivity index (χ3n) is 1.93. The molecule has 0 saturated carbocycles. The lowest BCUT2D eigenvalue weighted by atomic mass is 10.2. The molecule has 0 radical (unpaired) electrons. The fourth-order valence-electron chi connectivity index (χ4n) is 1.23. The highest BCUT2D eigenvalue weighted by Crippen LogP contribution is 2.18. The minimum atomic E-state index is -0.272. The smallest absolute Gasteiger partial charge is 0.145 e. The molecule has 3 heteroatoms. The highest BCUT2D eigenvalue weighted by atomic mass is 32.1. The van der Waals surface area contributed by atoms with Crippen molar-refractivity contribution in [2.45, 2.75) is 11.8 Å². The summed E-state index contributed by atoms with van der Waals surface area (Å²) >= 11 is 4.17. The molecular weight excluding hydrogens is 185 g/mol. The van der Waals surface area contributed by atoms with Gasteiger partial charge < -0.3 is 0 Å². The molecule has 0 aliphatic rings. The molecule has 0 bridgehead atoms. The van der Waals surface area contributed by atoms with Crippen molar-refractivity contribution in [3.8, 4) is 0 Å². The highest BCUT2D eigenvalue weighted by molar-refractivity contribution is 7.80. The Balaban J connectivity index is 2.81. The van der Waals surface area contributed by atoms with Crippen molar-refractivity contribution in [3.05, 3.63) is 35.8 Å². The van der Waals surface area contributed by atoms with Crippen molar-refractivity contribution in [1.82, 2.24) is 4.98 Å². The van der Waals surface area contributed by atoms with Crippen LogP contribution in [0.4, 0.5) is 4.39 Å². The fourth-order valence-corrected chi connectivity index (χ4v) is 1.45. The minimum Gasteiger partial charge on any atom is -0.250 e. The maximum absolute atomic E-state index is 13.1. The maximum Gasteiger partial charge on any atom is 0.145 e. The summed E-state index contributed by atoms with van der Waals surface area (Å²) in [5.74, 6) is -0.272. The van der Waals surface area contributed by atoms with Gasteiger partial charge in [0.25, 0.3) is 0 Å². The van der Waals surface area contributed by atoms with E-state index >= 15 is 0 Å². The molecule has 0 atom stereocenters. The van der Waals surface area contributed by atoms with E-state index < -0.39 is 0 Å². The van der Waals surface area contributed by atoms with Gasteiger partial charge in [0.1, 0.15) is 5.82 Å². The number of nitrogens with zero attached hydrogens (tertiary/aromatic N) is 1. The summed E-state index contributed by atoms with van der Waals surface area (Å²) in [4.78, 5) is 4.92. The molecule has 0 unspecified atom stereocenters. The highest BCUT2D eigenvalue weighted by Gasteiger charge is 2.01. The second-order valence-corrected chi connectivity index (χ2v) is 3.45. The van der Waals surface area contributed by atoms with Crippen LogP contribution in [-0.4, -0.2) is 4.98 Å². The molecule has 13 heavy (non-hydrogen) atoms. The fraction of sp³-hybridized carbons (Fsp3) is 0.100. The topological polar surface area (TPSA) is 12.9 Å². The third-order valence-corrected chi connectivity index (χ3v) is 2.21. The summed E-state index contributed by atoms with van der Waals surface area (Å²) in [5, 5.41) is 0.788. The Morgan fingerprint density at radius 1 is 1.31 bits per heavy atom. The molecule has 0 amide bonds. The number of thiol groups is 1. The lowest BCUT2D eigenvalue weighted by molar-refractivity contribution is 0.613. The van der Waals surface area contributed by atoms with E-state index in [1.165, 1.54) is 6.07 Å². The molecule has 0 saturated heterocycles. The van der Waals surface area contributed by atoms with Crippen LogP contribution < -0.4 is 0 Å². The monoisotopic (exact) mass is 193 g/mol. The maximum atomic E-state index is 13.1. The average Bonchev–Trinajstić information content (AvgIpc) is 2.08. The van der Waals surface area contributed by atoms with Crippen molar-refractivity contribution in [2.24, 2.45) is 0 Å². The Kier molecular flexibility index (Phi) is 1.96. The second kappa shape index (κ2) is 3.00. The van der Waals surface area contributed by atoms with Gasteiger partial charge in [0.2, 0.25) is 0 Å². The van der Waals surface area contributed by atoms with Crippen LogP contribution in [0.5, 0.6) is 0 Å². The van der Waals surface area contributed by atoms with Crippen molar-refractivity contribution in [2.75, 3.05) is 0 Å². The van der Waals surface area contributed by atoms with Crippen molar-refractivity contribution >= 4 is 23.5 Å². The largest absolute Gasteiger partial charge is 0.250 e. The summed E-state index contributed by atoms with van der Waals surface area (Å²) < 4.78 is 13.1. The Bertz CT molecular complexity index is 468. The molecule has 0 aliphatic heterocycles. The Labute approximate surface area is 81.0 Å². The van der Waals surface area contributed by atoms with E-state index in [2.05, 4.69) is 17.6 Å². The van der Waals surface area contributed by atoms with Crippen LogP contribution in [0.15, 0.2) is 29.2 Å². The normalized spacial score (nSPS) is 10.7. The zero-order chi connectivity index (χ0) is 9.42. The van der Waals surface area contributed by atoms with Crippen molar-refractivity contribution in [3.63, 3.8) is 0 Å². The molecule has 1 nitrogen and oxygen atoms in total. The van der Waals surface area contributed by atoms with Gasteiger partial charge >= 0.3 is 0 Å². The van der Waals surface area contributed by atoms with Gasteiger partial charge in [-0.3, -0.25) is 4.98 Å². The molecule has 2 aromatic rings. The average molecular weight is 193 g/mol. The summed E-state index contributed by atoms with van der Waals surface area (Å²) in [6, 6.07) is 6.96. The zero-order valence-electron chi connectivity index (χ0n) is 7.08. The lowest BCUT2D eigenvalue weighted by Crippen LogP contribution is -1.88. The van der Waals surface area contributed by atoms with Gasteiger partial charge in [0.15, 0.2) is 0 Å². The lowest BCUT2D eigenvalue weighted by Gasteiger charge is -2.00. The Hall–Kier alpha value is -1.09. The molecule has 0 N–H and O–H groups in total. The standard InChI is InChI=1S/C10H8FNS/c1-6-9(11)5-7-4-8(13)2-3-10(7)12-6/h2-5,13H,1H3. The van der Waals surface area contributed by atoms with E-state index in [4.69, 9.17) is 0 Å². The zero-order valence-corrected chi connectivity index (χ0v) is 7.98. The van der Waals surface area contributed by atoms with Gasteiger partial charge in [0, 0.05) is 10.3 Å². The summed E-state index contributed by atoms with van der Waals surface area (Å²) in [7, 11) is 0. The third kappa shape index (κ3) is 1.52. The molecule has 1 aromatic heterocycles. The van der Waals surface area contributed by atoms with E-state index in [-0.39, 0.29) is 5.82 Å². The number of halogens is 1. The summed E-state index contributed by atoms with van der Waals surface area (Å²) in [6.07, 6.45) is 0. The predicted molar refractivity (Wildman–Crippen MR) is 53.7 cm³/mol. The predicted octanol–water partition coefficient (Wildman–Crippen LogP) is 2.97. The van der Waals surface area contributed by atoms with Crippen LogP contribution in [0.3, 0.4) is 0 Å². The van der Waals surface area contributed by atoms with Gasteiger partial charge in [-0.25, -0.2) is 4.39 Å². The quantitative estimate of drug-likeness (QED) is 0.635. The molecule has 1 heterocycles. The number of aryl methyl sites for hydroxylation is 1. The Morgan fingerprint density at radius 2 is 2.08 bits per heavy atom. The molecule has 1 aromatic carbocycles. The van der Waals surface area contributed by atoms with E-state index in [0.717, 1.165) is 15.8 Å². The van der Waals surface area contributed by atoms with Crippen LogP contribution >= 0.6 is 12.6 Å². The van der Waals surface area contributed by atoms with Gasteiger partial charge in [-0.05, 0) is 31.2 Å². The van der Waals surface area contributed by atoms with Crippen LogP contribution in [0.25, 0.3) is 10.9 Å². The number of benzene rings is 1. The van der Waals surface area contributed by atoms with Crippen molar-refractivity contribution < 1.29 is 4.39 Å². The number of pyridine rings is 1. The first-order valence-corrected chi connectivity index (χ1v) is 4.37. The van der Waals surface area contributed by atoms with Gasteiger partial charge in [-0.15, -0.1) is 12.6 Å². The van der Waals surface area contributed by atoms with Crippen LogP contribution in [0, 0.1) is 12.7 Å². The number of hydrogen-bond donors (Lipinski definition) is 1. The van der Waals surface area contributed by atoms with Gasteiger partial charge in [-0.1, -0.05) is 0 Å². The van der Waals surface area contributed by atoms with E-state index in [0.29, 0.717) is 5.69 Å². The first-order chi connectivity index (χ1) is 6.16.